The zero-order valence-electron chi connectivity index (χ0n) is 13.5. The summed E-state index contributed by atoms with van der Waals surface area (Å²) in [5, 5.41) is 23.3. The minimum atomic E-state index is -1.28. The maximum absolute atomic E-state index is 11.6. The van der Waals surface area contributed by atoms with E-state index in [9.17, 15) is 19.8 Å². The van der Waals surface area contributed by atoms with Gasteiger partial charge in [-0.1, -0.05) is 32.9 Å². The highest BCUT2D eigenvalue weighted by Crippen LogP contribution is 2.28. The molecule has 0 amide bonds. The monoisotopic (exact) mass is 327 g/mol. The first-order chi connectivity index (χ1) is 11.2. The smallest absolute Gasteiger partial charge is 0.357 e. The quantitative estimate of drug-likeness (QED) is 0.670. The minimum Gasteiger partial charge on any atom is -0.507 e. The third-order valence-corrected chi connectivity index (χ3v) is 3.83. The Morgan fingerprint density at radius 1 is 1.21 bits per heavy atom. The summed E-state index contributed by atoms with van der Waals surface area (Å²) < 4.78 is 1.31. The third-order valence-electron chi connectivity index (χ3n) is 3.83. The number of carboxylic acid groups (broad SMARTS) is 1. The standard InChI is InChI=1S/C17H17N3O4/c1-17(2,3)9-4-6-10(7-5-9)20-15-13(14(19-20)16(23)24)11(21)8-12(22)18-15/h4-8H,1-3H3,(H,23,24)(H2,18,21,22). The Bertz CT molecular complexity index is 992. The van der Waals surface area contributed by atoms with Crippen LogP contribution in [-0.4, -0.2) is 30.9 Å². The number of nitrogens with one attached hydrogen (secondary N) is 1. The van der Waals surface area contributed by atoms with Crippen LogP contribution in [0.1, 0.15) is 36.8 Å². The molecule has 0 aliphatic carbocycles. The van der Waals surface area contributed by atoms with Gasteiger partial charge in [0, 0.05) is 6.07 Å². The molecule has 0 atom stereocenters. The molecule has 0 bridgehead atoms. The molecule has 7 nitrogen and oxygen atoms in total. The first kappa shape index (κ1) is 15.8. The van der Waals surface area contributed by atoms with Crippen molar-refractivity contribution in [3.05, 3.63) is 51.9 Å². The number of pyridine rings is 1. The van der Waals surface area contributed by atoms with Crippen LogP contribution in [0.15, 0.2) is 35.1 Å². The molecule has 0 aliphatic rings. The van der Waals surface area contributed by atoms with Crippen LogP contribution in [0.5, 0.6) is 5.75 Å². The van der Waals surface area contributed by atoms with Crippen LogP contribution in [0.25, 0.3) is 16.7 Å². The Kier molecular flexibility index (Phi) is 3.44. The molecule has 2 heterocycles. The topological polar surface area (TPSA) is 108 Å². The lowest BCUT2D eigenvalue weighted by Gasteiger charge is -2.19. The van der Waals surface area contributed by atoms with Gasteiger partial charge >= 0.3 is 5.97 Å². The first-order valence-corrected chi connectivity index (χ1v) is 7.37. The molecule has 3 rings (SSSR count). The lowest BCUT2D eigenvalue weighted by atomic mass is 9.87. The number of carboxylic acids is 1. The predicted octanol–water partition coefficient (Wildman–Crippen LogP) is 2.42. The number of carbonyl (C=O) groups is 1. The van der Waals surface area contributed by atoms with Crippen molar-refractivity contribution in [1.82, 2.24) is 14.8 Å². The number of fused-ring (bicyclic) bond motifs is 1. The largest absolute Gasteiger partial charge is 0.507 e. The van der Waals surface area contributed by atoms with E-state index in [2.05, 4.69) is 30.9 Å². The molecular weight excluding hydrogens is 310 g/mol. The molecule has 0 radical (unpaired) electrons. The summed E-state index contributed by atoms with van der Waals surface area (Å²) in [7, 11) is 0. The average Bonchev–Trinajstić information content (AvgIpc) is 2.86. The van der Waals surface area contributed by atoms with Crippen molar-refractivity contribution >= 4 is 17.0 Å². The van der Waals surface area contributed by atoms with Crippen molar-refractivity contribution in [2.45, 2.75) is 26.2 Å². The molecule has 2 aromatic heterocycles. The molecule has 3 aromatic rings. The summed E-state index contributed by atoms with van der Waals surface area (Å²) >= 11 is 0. The van der Waals surface area contributed by atoms with Crippen molar-refractivity contribution in [3.63, 3.8) is 0 Å². The lowest BCUT2D eigenvalue weighted by molar-refractivity contribution is 0.0691. The van der Waals surface area contributed by atoms with Crippen molar-refractivity contribution in [2.24, 2.45) is 0 Å². The highest BCUT2D eigenvalue weighted by Gasteiger charge is 2.22. The van der Waals surface area contributed by atoms with E-state index in [1.165, 1.54) is 4.68 Å². The fourth-order valence-corrected chi connectivity index (χ4v) is 2.56. The van der Waals surface area contributed by atoms with Gasteiger partial charge in [0.05, 0.1) is 11.1 Å². The molecule has 0 fully saturated rings. The number of aromatic carboxylic acids is 1. The average molecular weight is 327 g/mol. The molecule has 24 heavy (non-hydrogen) atoms. The molecule has 0 saturated heterocycles. The third kappa shape index (κ3) is 2.54. The molecule has 3 N–H and O–H groups in total. The van der Waals surface area contributed by atoms with Gasteiger partial charge in [-0.3, -0.25) is 4.79 Å². The maximum Gasteiger partial charge on any atom is 0.357 e. The van der Waals surface area contributed by atoms with E-state index in [1.807, 2.05) is 12.1 Å². The number of aromatic hydroxyl groups is 1. The Balaban J connectivity index is 2.27. The normalized spacial score (nSPS) is 11.8. The highest BCUT2D eigenvalue weighted by molar-refractivity contribution is 6.03. The van der Waals surface area contributed by atoms with E-state index in [1.54, 1.807) is 12.1 Å². The maximum atomic E-state index is 11.6. The van der Waals surface area contributed by atoms with Crippen LogP contribution in [0.4, 0.5) is 0 Å². The zero-order chi connectivity index (χ0) is 17.6. The molecule has 0 unspecified atom stereocenters. The van der Waals surface area contributed by atoms with Crippen molar-refractivity contribution in [3.8, 4) is 11.4 Å². The first-order valence-electron chi connectivity index (χ1n) is 7.37. The van der Waals surface area contributed by atoms with E-state index in [0.29, 0.717) is 5.69 Å². The predicted molar refractivity (Wildman–Crippen MR) is 89.0 cm³/mol. The van der Waals surface area contributed by atoms with Crippen molar-refractivity contribution < 1.29 is 15.0 Å². The lowest BCUT2D eigenvalue weighted by Crippen LogP contribution is -2.11. The van der Waals surface area contributed by atoms with Gasteiger partial charge in [-0.25, -0.2) is 9.48 Å². The van der Waals surface area contributed by atoms with E-state index in [0.717, 1.165) is 11.6 Å². The molecule has 124 valence electrons. The number of benzene rings is 1. The second-order valence-electron chi connectivity index (χ2n) is 6.60. The van der Waals surface area contributed by atoms with E-state index in [-0.39, 0.29) is 22.1 Å². The van der Waals surface area contributed by atoms with Crippen LogP contribution < -0.4 is 5.56 Å². The number of aromatic nitrogens is 3. The molecule has 1 aromatic carbocycles. The summed E-state index contributed by atoms with van der Waals surface area (Å²) in [5.41, 5.74) is 0.951. The highest BCUT2D eigenvalue weighted by atomic mass is 16.4. The minimum absolute atomic E-state index is 0.00185. The fourth-order valence-electron chi connectivity index (χ4n) is 2.56. The zero-order valence-corrected chi connectivity index (χ0v) is 13.5. The van der Waals surface area contributed by atoms with E-state index in [4.69, 9.17) is 0 Å². The molecule has 0 spiro atoms. The summed E-state index contributed by atoms with van der Waals surface area (Å²) in [4.78, 5) is 25.6. The van der Waals surface area contributed by atoms with Gasteiger partial charge in [-0.05, 0) is 23.1 Å². The summed E-state index contributed by atoms with van der Waals surface area (Å²) in [6, 6.07) is 8.36. The number of H-pyrrole nitrogens is 1. The number of aromatic amines is 1. The SMILES string of the molecule is CC(C)(C)c1ccc(-n2nc(C(=O)O)c3c(O)cc(=O)[nH]c32)cc1. The Morgan fingerprint density at radius 3 is 2.38 bits per heavy atom. The Morgan fingerprint density at radius 2 is 1.83 bits per heavy atom. The summed E-state index contributed by atoms with van der Waals surface area (Å²) in [5.74, 6) is -1.70. The van der Waals surface area contributed by atoms with Gasteiger partial charge in [0.25, 0.3) is 5.56 Å². The number of rotatable bonds is 2. The number of hydrogen-bond acceptors (Lipinski definition) is 4. The van der Waals surface area contributed by atoms with Gasteiger partial charge in [-0.15, -0.1) is 0 Å². The van der Waals surface area contributed by atoms with Crippen LogP contribution in [0.3, 0.4) is 0 Å². The van der Waals surface area contributed by atoms with E-state index < -0.39 is 17.3 Å². The van der Waals surface area contributed by atoms with Gasteiger partial charge < -0.3 is 15.2 Å². The Hall–Kier alpha value is -3.09. The van der Waals surface area contributed by atoms with Crippen LogP contribution >= 0.6 is 0 Å². The molecule has 7 heteroatoms. The number of hydrogen-bond donors (Lipinski definition) is 3. The van der Waals surface area contributed by atoms with Crippen molar-refractivity contribution in [1.29, 1.82) is 0 Å². The van der Waals surface area contributed by atoms with Crippen molar-refractivity contribution in [2.75, 3.05) is 0 Å². The van der Waals surface area contributed by atoms with Crippen LogP contribution in [0.2, 0.25) is 0 Å². The van der Waals surface area contributed by atoms with E-state index >= 15 is 0 Å². The van der Waals surface area contributed by atoms with Gasteiger partial charge in [0.1, 0.15) is 11.4 Å². The van der Waals surface area contributed by atoms with Gasteiger partial charge in [0.2, 0.25) is 0 Å². The second kappa shape index (κ2) is 5.23. The Labute approximate surface area is 137 Å². The number of nitrogens with zero attached hydrogens (tertiary/aromatic N) is 2. The summed E-state index contributed by atoms with van der Waals surface area (Å²) in [6.07, 6.45) is 0. The second-order valence-corrected chi connectivity index (χ2v) is 6.60. The molecular formula is C17H17N3O4. The van der Waals surface area contributed by atoms with Crippen LogP contribution in [0, 0.1) is 0 Å². The van der Waals surface area contributed by atoms with Gasteiger partial charge in [0.15, 0.2) is 5.69 Å². The molecule has 0 saturated carbocycles. The fraction of sp³-hybridized carbons (Fsp3) is 0.235. The summed E-state index contributed by atoms with van der Waals surface area (Å²) in [6.45, 7) is 6.26. The van der Waals surface area contributed by atoms with Gasteiger partial charge in [-0.2, -0.15) is 5.10 Å². The molecule has 0 aliphatic heterocycles. The van der Waals surface area contributed by atoms with Crippen LogP contribution in [-0.2, 0) is 5.41 Å².